The Morgan fingerprint density at radius 3 is 2.42 bits per heavy atom. The summed E-state index contributed by atoms with van der Waals surface area (Å²) in [5, 5.41) is 18.1. The number of hydrogen-bond donors (Lipinski definition) is 3. The Morgan fingerprint density at radius 1 is 0.979 bits per heavy atom. The monoisotopic (exact) mass is 656 g/mol. The van der Waals surface area contributed by atoms with Gasteiger partial charge in [-0.25, -0.2) is 4.98 Å². The fourth-order valence-corrected chi connectivity index (χ4v) is 6.96. The van der Waals surface area contributed by atoms with Crippen molar-refractivity contribution in [2.75, 3.05) is 5.32 Å². The maximum absolute atomic E-state index is 13.7. The van der Waals surface area contributed by atoms with E-state index in [2.05, 4.69) is 10.6 Å². The van der Waals surface area contributed by atoms with E-state index in [1.54, 1.807) is 42.7 Å². The lowest BCUT2D eigenvalue weighted by molar-refractivity contribution is -0.137. The zero-order valence-electron chi connectivity index (χ0n) is 26.2. The topological polar surface area (TPSA) is 109 Å². The highest BCUT2D eigenvalue weighted by molar-refractivity contribution is 6.10. The average Bonchev–Trinajstić information content (AvgIpc) is 3.91. The van der Waals surface area contributed by atoms with Gasteiger partial charge in [0.15, 0.2) is 0 Å². The zero-order chi connectivity index (χ0) is 33.4. The molecule has 4 heterocycles. The maximum atomic E-state index is 13.7. The summed E-state index contributed by atoms with van der Waals surface area (Å²) in [5.41, 5.74) is 4.31. The summed E-state index contributed by atoms with van der Waals surface area (Å²) in [5.74, 6) is 0.152. The van der Waals surface area contributed by atoms with Crippen molar-refractivity contribution in [2.45, 2.75) is 70.6 Å². The summed E-state index contributed by atoms with van der Waals surface area (Å²) in [4.78, 5) is 31.6. The van der Waals surface area contributed by atoms with Crippen molar-refractivity contribution in [1.82, 2.24) is 14.9 Å². The Bertz CT molecular complexity index is 1960. The number of nitrogens with zero attached hydrogens (tertiary/aromatic N) is 2. The number of anilines is 1. The Labute approximate surface area is 275 Å². The predicted molar refractivity (Wildman–Crippen MR) is 174 cm³/mol. The SMILES string of the molecule is O=C(NCc1ccco1)c1ccc(-c2c(NC(=O)C3CCCC3)c(CCc3ccc(C(F)(F)F)cc3)nc3c4n(c(O)c23)CCC4)cc1. The standard InChI is InChI=1S/C37H35F3N4O4/c38-37(39,40)26-16-9-22(10-17-26)11-18-28-32(43-35(46)24-5-1-2-6-24)30(31-33(42-28)29-8-3-19-44(29)36(31)47)23-12-14-25(15-13-23)34(45)41-21-27-7-4-20-48-27/h4,7,9-10,12-17,20,24,47H,1-3,5-6,8,11,18-19,21H2,(H,41,45)(H,43,46). The van der Waals surface area contributed by atoms with Gasteiger partial charge in [-0.05, 0) is 86.1 Å². The van der Waals surface area contributed by atoms with E-state index >= 15 is 0 Å². The molecule has 2 aromatic carbocycles. The molecule has 3 N–H and O–H groups in total. The second-order valence-corrected chi connectivity index (χ2v) is 12.6. The molecule has 5 aromatic rings. The molecule has 2 amide bonds. The van der Waals surface area contributed by atoms with Crippen LogP contribution in [0.15, 0.2) is 71.3 Å². The molecular weight excluding hydrogens is 621 g/mol. The summed E-state index contributed by atoms with van der Waals surface area (Å²) in [6.45, 7) is 0.874. The normalized spacial score (nSPS) is 14.8. The number of furan rings is 1. The summed E-state index contributed by atoms with van der Waals surface area (Å²) < 4.78 is 46.8. The summed E-state index contributed by atoms with van der Waals surface area (Å²) in [7, 11) is 0. The number of carbonyl (C=O) groups excluding carboxylic acids is 2. The van der Waals surface area contributed by atoms with Crippen LogP contribution in [-0.2, 0) is 43.3 Å². The minimum Gasteiger partial charge on any atom is -0.494 e. The summed E-state index contributed by atoms with van der Waals surface area (Å²) >= 11 is 0. The van der Waals surface area contributed by atoms with Gasteiger partial charge in [0.05, 0.1) is 40.7 Å². The molecule has 1 saturated carbocycles. The van der Waals surface area contributed by atoms with E-state index in [1.165, 1.54) is 12.1 Å². The highest BCUT2D eigenvalue weighted by Crippen LogP contribution is 2.46. The minimum absolute atomic E-state index is 0.0749. The molecule has 0 bridgehead atoms. The van der Waals surface area contributed by atoms with E-state index in [9.17, 15) is 27.9 Å². The molecule has 11 heteroatoms. The van der Waals surface area contributed by atoms with E-state index in [4.69, 9.17) is 9.40 Å². The van der Waals surface area contributed by atoms with Gasteiger partial charge < -0.3 is 24.7 Å². The quantitative estimate of drug-likeness (QED) is 0.150. The first-order valence-electron chi connectivity index (χ1n) is 16.3. The Balaban J connectivity index is 1.30. The molecule has 0 unspecified atom stereocenters. The zero-order valence-corrected chi connectivity index (χ0v) is 26.2. The van der Waals surface area contributed by atoms with Crippen LogP contribution in [0.2, 0.25) is 0 Å². The fourth-order valence-electron chi connectivity index (χ4n) is 6.96. The summed E-state index contributed by atoms with van der Waals surface area (Å²) in [6.07, 6.45) is 2.94. The highest BCUT2D eigenvalue weighted by Gasteiger charge is 2.32. The van der Waals surface area contributed by atoms with Gasteiger partial charge in [0.1, 0.15) is 5.76 Å². The van der Waals surface area contributed by atoms with Crippen molar-refractivity contribution < 1.29 is 32.3 Å². The van der Waals surface area contributed by atoms with Gasteiger partial charge in [0.25, 0.3) is 5.91 Å². The van der Waals surface area contributed by atoms with Crippen LogP contribution < -0.4 is 10.6 Å². The van der Waals surface area contributed by atoms with Gasteiger partial charge in [-0.1, -0.05) is 37.1 Å². The molecule has 0 spiro atoms. The van der Waals surface area contributed by atoms with Crippen LogP contribution in [-0.4, -0.2) is 26.5 Å². The van der Waals surface area contributed by atoms with E-state index in [-0.39, 0.29) is 30.2 Å². The second kappa shape index (κ2) is 12.9. The molecular formula is C37H35F3N4O4. The first-order valence-corrected chi connectivity index (χ1v) is 16.3. The molecule has 1 fully saturated rings. The van der Waals surface area contributed by atoms with Crippen molar-refractivity contribution >= 4 is 28.4 Å². The third-order valence-electron chi connectivity index (χ3n) is 9.49. The molecule has 248 valence electrons. The number of aromatic hydroxyl groups is 1. The second-order valence-electron chi connectivity index (χ2n) is 12.6. The number of carbonyl (C=O) groups is 2. The fraction of sp³-hybridized carbons (Fsp3) is 0.324. The van der Waals surface area contributed by atoms with Crippen molar-refractivity contribution in [2.24, 2.45) is 5.92 Å². The largest absolute Gasteiger partial charge is 0.494 e. The van der Waals surface area contributed by atoms with Gasteiger partial charge in [-0.15, -0.1) is 0 Å². The lowest BCUT2D eigenvalue weighted by Crippen LogP contribution is -2.22. The number of pyridine rings is 1. The van der Waals surface area contributed by atoms with Crippen LogP contribution in [0.1, 0.15) is 70.7 Å². The number of alkyl halides is 3. The van der Waals surface area contributed by atoms with Gasteiger partial charge in [0, 0.05) is 29.3 Å². The average molecular weight is 657 g/mol. The smallest absolute Gasteiger partial charge is 0.416 e. The molecule has 7 rings (SSSR count). The number of amides is 2. The number of benzene rings is 2. The third-order valence-corrected chi connectivity index (χ3v) is 9.49. The minimum atomic E-state index is -4.43. The Morgan fingerprint density at radius 2 is 1.73 bits per heavy atom. The van der Waals surface area contributed by atoms with E-state index < -0.39 is 11.7 Å². The molecule has 3 aromatic heterocycles. The van der Waals surface area contributed by atoms with Crippen LogP contribution in [0, 0.1) is 5.92 Å². The number of aryl methyl sites for hydroxylation is 3. The first-order chi connectivity index (χ1) is 23.2. The number of rotatable bonds is 9. The molecule has 0 saturated heterocycles. The van der Waals surface area contributed by atoms with Crippen LogP contribution >= 0.6 is 0 Å². The van der Waals surface area contributed by atoms with Gasteiger partial charge in [0.2, 0.25) is 11.8 Å². The van der Waals surface area contributed by atoms with Crippen LogP contribution in [0.25, 0.3) is 22.0 Å². The number of aromatic nitrogens is 2. The van der Waals surface area contributed by atoms with E-state index in [0.29, 0.717) is 69.7 Å². The third kappa shape index (κ3) is 6.16. The summed E-state index contributed by atoms with van der Waals surface area (Å²) in [6, 6.07) is 15.6. The van der Waals surface area contributed by atoms with Crippen molar-refractivity contribution in [1.29, 1.82) is 0 Å². The molecule has 0 atom stereocenters. The number of nitrogens with one attached hydrogen (secondary N) is 2. The molecule has 48 heavy (non-hydrogen) atoms. The molecule has 1 aliphatic heterocycles. The first kappa shape index (κ1) is 31.5. The van der Waals surface area contributed by atoms with Crippen molar-refractivity contribution in [3.8, 4) is 17.0 Å². The number of hydrogen-bond acceptors (Lipinski definition) is 5. The predicted octanol–water partition coefficient (Wildman–Crippen LogP) is 7.81. The molecule has 1 aliphatic carbocycles. The number of halogens is 3. The van der Waals surface area contributed by atoms with E-state index in [1.807, 2.05) is 4.57 Å². The Kier molecular flexibility index (Phi) is 8.45. The van der Waals surface area contributed by atoms with Crippen LogP contribution in [0.4, 0.5) is 18.9 Å². The van der Waals surface area contributed by atoms with Gasteiger partial charge >= 0.3 is 6.18 Å². The highest BCUT2D eigenvalue weighted by atomic mass is 19.4. The van der Waals surface area contributed by atoms with Crippen LogP contribution in [0.3, 0.4) is 0 Å². The van der Waals surface area contributed by atoms with Crippen molar-refractivity contribution in [3.05, 3.63) is 101 Å². The lowest BCUT2D eigenvalue weighted by atomic mass is 9.95. The lowest BCUT2D eigenvalue weighted by Gasteiger charge is -2.20. The molecule has 8 nitrogen and oxygen atoms in total. The van der Waals surface area contributed by atoms with Crippen molar-refractivity contribution in [3.63, 3.8) is 0 Å². The van der Waals surface area contributed by atoms with E-state index in [0.717, 1.165) is 56.4 Å². The van der Waals surface area contributed by atoms with Gasteiger partial charge in [-0.3, -0.25) is 9.59 Å². The molecule has 0 radical (unpaired) electrons. The maximum Gasteiger partial charge on any atom is 0.416 e. The number of fused-ring (bicyclic) bond motifs is 3. The Hall–Kier alpha value is -5.06. The molecule has 2 aliphatic rings. The van der Waals surface area contributed by atoms with Gasteiger partial charge in [-0.2, -0.15) is 13.2 Å². The van der Waals surface area contributed by atoms with Crippen LogP contribution in [0.5, 0.6) is 5.88 Å².